The first-order valence-electron chi connectivity index (χ1n) is 10.1. The Kier molecular flexibility index (Phi) is 7.10. The van der Waals surface area contributed by atoms with Crippen molar-refractivity contribution in [2.24, 2.45) is 0 Å². The minimum absolute atomic E-state index is 0.187. The first kappa shape index (κ1) is 23.2. The molecule has 0 saturated carbocycles. The Labute approximate surface area is 188 Å². The van der Waals surface area contributed by atoms with E-state index >= 15 is 0 Å². The molecule has 0 radical (unpaired) electrons. The number of nitrogens with one attached hydrogen (secondary N) is 1. The van der Waals surface area contributed by atoms with Crippen molar-refractivity contribution in [2.75, 3.05) is 17.1 Å². The molecular weight excluding hydrogens is 424 g/mol. The quantitative estimate of drug-likeness (QED) is 0.528. The Hall–Kier alpha value is -3.45. The molecule has 1 atom stereocenters. The third-order valence-corrected chi connectivity index (χ3v) is 6.22. The second-order valence-electron chi connectivity index (χ2n) is 7.70. The molecule has 0 unspecified atom stereocenters. The number of Topliss-reactive ketones (excluding diaryl/α,β-unsaturated/α-hetero) is 1. The van der Waals surface area contributed by atoms with Gasteiger partial charge in [0.05, 0.1) is 18.0 Å². The number of nitrogens with zero attached hydrogens (tertiary/aromatic N) is 1. The molecule has 6 nitrogen and oxygen atoms in total. The van der Waals surface area contributed by atoms with Gasteiger partial charge in [0.15, 0.2) is 5.78 Å². The van der Waals surface area contributed by atoms with E-state index in [1.807, 2.05) is 61.5 Å². The van der Waals surface area contributed by atoms with Crippen molar-refractivity contribution in [1.82, 2.24) is 5.32 Å². The number of amides is 1. The van der Waals surface area contributed by atoms with Crippen LogP contribution < -0.4 is 9.62 Å². The molecular formula is C25H26N2O4S. The lowest BCUT2D eigenvalue weighted by atomic mass is 9.98. The summed E-state index contributed by atoms with van der Waals surface area (Å²) in [4.78, 5) is 24.8. The zero-order chi connectivity index (χ0) is 23.3. The molecule has 1 N–H and O–H groups in total. The summed E-state index contributed by atoms with van der Waals surface area (Å²) >= 11 is 0. The Morgan fingerprint density at radius 1 is 0.906 bits per heavy atom. The maximum atomic E-state index is 13.0. The molecule has 0 aromatic heterocycles. The van der Waals surface area contributed by atoms with Gasteiger partial charge in [-0.15, -0.1) is 0 Å². The average molecular weight is 451 g/mol. The minimum atomic E-state index is -3.76. The summed E-state index contributed by atoms with van der Waals surface area (Å²) in [6.45, 7) is 2.98. The lowest BCUT2D eigenvalue weighted by Gasteiger charge is -2.25. The molecule has 3 rings (SSSR count). The summed E-state index contributed by atoms with van der Waals surface area (Å²) in [7, 11) is -3.76. The van der Waals surface area contributed by atoms with E-state index in [1.165, 1.54) is 13.0 Å². The Balaban J connectivity index is 1.90. The van der Waals surface area contributed by atoms with E-state index in [9.17, 15) is 18.0 Å². The fraction of sp³-hybridized carbons (Fsp3) is 0.200. The van der Waals surface area contributed by atoms with Crippen molar-refractivity contribution in [3.63, 3.8) is 0 Å². The molecule has 3 aromatic carbocycles. The van der Waals surface area contributed by atoms with Crippen molar-refractivity contribution in [3.05, 3.63) is 101 Å². The number of sulfonamides is 1. The predicted molar refractivity (Wildman–Crippen MR) is 126 cm³/mol. The average Bonchev–Trinajstić information content (AvgIpc) is 2.76. The fourth-order valence-electron chi connectivity index (χ4n) is 3.38. The van der Waals surface area contributed by atoms with Gasteiger partial charge in [-0.3, -0.25) is 13.9 Å². The molecule has 0 heterocycles. The number of ketones is 1. The second kappa shape index (κ2) is 9.78. The molecule has 32 heavy (non-hydrogen) atoms. The number of carbonyl (C=O) groups is 2. The van der Waals surface area contributed by atoms with Crippen LogP contribution in [0, 0.1) is 6.92 Å². The molecule has 0 aliphatic rings. The van der Waals surface area contributed by atoms with E-state index in [-0.39, 0.29) is 11.5 Å². The summed E-state index contributed by atoms with van der Waals surface area (Å²) in [5.74, 6) is -0.647. The zero-order valence-electron chi connectivity index (χ0n) is 18.3. The molecule has 7 heteroatoms. The molecule has 166 valence electrons. The van der Waals surface area contributed by atoms with Crippen LogP contribution in [0.3, 0.4) is 0 Å². The SMILES string of the molecule is CC(=O)c1cccc(N(CC(=O)N[C@H](c2ccccc2)c2ccc(C)cc2)S(C)(=O)=O)c1. The van der Waals surface area contributed by atoms with E-state index in [0.29, 0.717) is 5.56 Å². The van der Waals surface area contributed by atoms with E-state index in [1.54, 1.807) is 18.2 Å². The van der Waals surface area contributed by atoms with Crippen LogP contribution in [-0.2, 0) is 14.8 Å². The number of rotatable bonds is 8. The van der Waals surface area contributed by atoms with E-state index < -0.39 is 28.5 Å². The van der Waals surface area contributed by atoms with Crippen molar-refractivity contribution < 1.29 is 18.0 Å². The van der Waals surface area contributed by atoms with Gasteiger partial charge >= 0.3 is 0 Å². The highest BCUT2D eigenvalue weighted by atomic mass is 32.2. The van der Waals surface area contributed by atoms with Gasteiger partial charge in [-0.2, -0.15) is 0 Å². The van der Waals surface area contributed by atoms with Gasteiger partial charge in [0.2, 0.25) is 15.9 Å². The lowest BCUT2D eigenvalue weighted by molar-refractivity contribution is -0.120. The van der Waals surface area contributed by atoms with Crippen LogP contribution in [0.25, 0.3) is 0 Å². The molecule has 0 spiro atoms. The largest absolute Gasteiger partial charge is 0.344 e. The van der Waals surface area contributed by atoms with Crippen molar-refractivity contribution in [3.8, 4) is 0 Å². The topological polar surface area (TPSA) is 83.6 Å². The molecule has 0 saturated heterocycles. The maximum absolute atomic E-state index is 13.0. The van der Waals surface area contributed by atoms with Gasteiger partial charge in [-0.05, 0) is 37.1 Å². The smallest absolute Gasteiger partial charge is 0.241 e. The second-order valence-corrected chi connectivity index (χ2v) is 9.60. The number of carbonyl (C=O) groups excluding carboxylic acids is 2. The first-order valence-corrected chi connectivity index (χ1v) is 12.0. The van der Waals surface area contributed by atoms with Gasteiger partial charge < -0.3 is 5.32 Å². The number of anilines is 1. The normalized spacial score (nSPS) is 12.1. The zero-order valence-corrected chi connectivity index (χ0v) is 19.1. The Morgan fingerprint density at radius 2 is 1.53 bits per heavy atom. The van der Waals surface area contributed by atoms with Crippen LogP contribution in [0.15, 0.2) is 78.9 Å². The van der Waals surface area contributed by atoms with Gasteiger partial charge in [-0.1, -0.05) is 72.3 Å². The van der Waals surface area contributed by atoms with Gasteiger partial charge in [0.1, 0.15) is 6.54 Å². The van der Waals surface area contributed by atoms with Crippen molar-refractivity contribution >= 4 is 27.4 Å². The van der Waals surface area contributed by atoms with Crippen molar-refractivity contribution in [1.29, 1.82) is 0 Å². The summed E-state index contributed by atoms with van der Waals surface area (Å²) in [6, 6.07) is 23.1. The van der Waals surface area contributed by atoms with Gasteiger partial charge in [0, 0.05) is 5.56 Å². The van der Waals surface area contributed by atoms with Crippen LogP contribution >= 0.6 is 0 Å². The van der Waals surface area contributed by atoms with Gasteiger partial charge in [0.25, 0.3) is 0 Å². The molecule has 1 amide bonds. The van der Waals surface area contributed by atoms with Crippen LogP contribution in [0.1, 0.15) is 40.0 Å². The summed E-state index contributed by atoms with van der Waals surface area (Å²) in [6.07, 6.45) is 1.04. The standard InChI is InChI=1S/C25H26N2O4S/c1-18-12-14-21(15-13-18)25(20-8-5-4-6-9-20)26-24(29)17-27(32(3,30)31)23-11-7-10-22(16-23)19(2)28/h4-16,25H,17H2,1-3H3,(H,26,29)/t25-/m1/s1. The van der Waals surface area contributed by atoms with Crippen molar-refractivity contribution in [2.45, 2.75) is 19.9 Å². The van der Waals surface area contributed by atoms with E-state index in [4.69, 9.17) is 0 Å². The number of hydrogen-bond donors (Lipinski definition) is 1. The Morgan fingerprint density at radius 3 is 2.12 bits per heavy atom. The number of aryl methyl sites for hydroxylation is 1. The molecule has 3 aromatic rings. The lowest BCUT2D eigenvalue weighted by Crippen LogP contribution is -2.41. The third-order valence-electron chi connectivity index (χ3n) is 5.08. The van der Waals surface area contributed by atoms with Gasteiger partial charge in [-0.25, -0.2) is 8.42 Å². The maximum Gasteiger partial charge on any atom is 0.241 e. The van der Waals surface area contributed by atoms with Crippen LogP contribution in [0.5, 0.6) is 0 Å². The molecule has 0 bridgehead atoms. The number of benzene rings is 3. The summed E-state index contributed by atoms with van der Waals surface area (Å²) in [5, 5.41) is 2.97. The summed E-state index contributed by atoms with van der Waals surface area (Å²) in [5.41, 5.74) is 3.51. The van der Waals surface area contributed by atoms with Crippen LogP contribution in [0.4, 0.5) is 5.69 Å². The van der Waals surface area contributed by atoms with Crippen LogP contribution in [0.2, 0.25) is 0 Å². The number of hydrogen-bond acceptors (Lipinski definition) is 4. The van der Waals surface area contributed by atoms with E-state index in [0.717, 1.165) is 27.3 Å². The predicted octanol–water partition coefficient (Wildman–Crippen LogP) is 3.87. The highest BCUT2D eigenvalue weighted by Crippen LogP contribution is 2.23. The van der Waals surface area contributed by atoms with E-state index in [2.05, 4.69) is 5.32 Å². The third kappa shape index (κ3) is 5.82. The summed E-state index contributed by atoms with van der Waals surface area (Å²) < 4.78 is 26.0. The fourth-order valence-corrected chi connectivity index (χ4v) is 4.23. The molecule has 0 fully saturated rings. The first-order chi connectivity index (χ1) is 15.1. The monoisotopic (exact) mass is 450 g/mol. The van der Waals surface area contributed by atoms with Crippen LogP contribution in [-0.4, -0.2) is 32.9 Å². The molecule has 0 aliphatic carbocycles. The Bertz CT molecular complexity index is 1210. The minimum Gasteiger partial charge on any atom is -0.344 e. The molecule has 0 aliphatic heterocycles. The highest BCUT2D eigenvalue weighted by Gasteiger charge is 2.24. The highest BCUT2D eigenvalue weighted by molar-refractivity contribution is 7.92.